The fourth-order valence-electron chi connectivity index (χ4n) is 1.38. The number of likely N-dealkylation sites (N-methyl/N-ethyl adjacent to an activating group) is 1. The zero-order chi connectivity index (χ0) is 10.4. The molecule has 0 bridgehead atoms. The molecule has 0 aliphatic rings. The monoisotopic (exact) mass is 197 g/mol. The summed E-state index contributed by atoms with van der Waals surface area (Å²) < 4.78 is 18.8. The zero-order valence-electron chi connectivity index (χ0n) is 8.59. The van der Waals surface area contributed by atoms with Gasteiger partial charge in [0.15, 0.2) is 0 Å². The van der Waals surface area contributed by atoms with E-state index < -0.39 is 0 Å². The van der Waals surface area contributed by atoms with E-state index >= 15 is 0 Å². The van der Waals surface area contributed by atoms with Crippen molar-refractivity contribution in [2.75, 3.05) is 20.2 Å². The van der Waals surface area contributed by atoms with E-state index in [1.807, 2.05) is 20.0 Å². The van der Waals surface area contributed by atoms with Crippen LogP contribution in [0.25, 0.3) is 0 Å². The smallest absolute Gasteiger partial charge is 0.129 e. The molecule has 1 unspecified atom stereocenters. The SMILES string of the molecule is CCOC(CNC)c1ccccc1F. The van der Waals surface area contributed by atoms with Gasteiger partial charge >= 0.3 is 0 Å². The topological polar surface area (TPSA) is 21.3 Å². The van der Waals surface area contributed by atoms with E-state index in [2.05, 4.69) is 5.32 Å². The maximum Gasteiger partial charge on any atom is 0.129 e. The van der Waals surface area contributed by atoms with Crippen LogP contribution in [0.3, 0.4) is 0 Å². The summed E-state index contributed by atoms with van der Waals surface area (Å²) in [6.45, 7) is 3.11. The summed E-state index contributed by atoms with van der Waals surface area (Å²) >= 11 is 0. The third kappa shape index (κ3) is 2.79. The van der Waals surface area contributed by atoms with Gasteiger partial charge in [-0.15, -0.1) is 0 Å². The number of hydrogen-bond donors (Lipinski definition) is 1. The highest BCUT2D eigenvalue weighted by Crippen LogP contribution is 2.19. The van der Waals surface area contributed by atoms with Crippen LogP contribution in [0.15, 0.2) is 24.3 Å². The summed E-state index contributed by atoms with van der Waals surface area (Å²) in [5.41, 5.74) is 0.615. The highest BCUT2D eigenvalue weighted by molar-refractivity contribution is 5.20. The summed E-state index contributed by atoms with van der Waals surface area (Å²) in [5.74, 6) is -0.207. The van der Waals surface area contributed by atoms with E-state index in [1.54, 1.807) is 12.1 Å². The second-order valence-electron chi connectivity index (χ2n) is 3.02. The molecule has 0 fully saturated rings. The Labute approximate surface area is 84.1 Å². The van der Waals surface area contributed by atoms with Gasteiger partial charge < -0.3 is 10.1 Å². The average molecular weight is 197 g/mol. The van der Waals surface area contributed by atoms with Crippen molar-refractivity contribution >= 4 is 0 Å². The van der Waals surface area contributed by atoms with Crippen LogP contribution in [-0.2, 0) is 4.74 Å². The molecule has 0 saturated carbocycles. The minimum absolute atomic E-state index is 0.203. The molecule has 2 nitrogen and oxygen atoms in total. The summed E-state index contributed by atoms with van der Waals surface area (Å²) in [6, 6.07) is 6.71. The number of benzene rings is 1. The molecular weight excluding hydrogens is 181 g/mol. The minimum Gasteiger partial charge on any atom is -0.372 e. The Balaban J connectivity index is 2.81. The third-order valence-electron chi connectivity index (χ3n) is 2.01. The van der Waals surface area contributed by atoms with Crippen molar-refractivity contribution in [1.82, 2.24) is 5.32 Å². The Morgan fingerprint density at radius 2 is 2.14 bits per heavy atom. The quantitative estimate of drug-likeness (QED) is 0.780. The van der Waals surface area contributed by atoms with E-state index in [9.17, 15) is 4.39 Å². The molecule has 0 spiro atoms. The fourth-order valence-corrected chi connectivity index (χ4v) is 1.38. The second kappa shape index (κ2) is 5.73. The molecule has 0 aromatic heterocycles. The maximum atomic E-state index is 13.4. The molecule has 3 heteroatoms. The lowest BCUT2D eigenvalue weighted by Gasteiger charge is -2.17. The van der Waals surface area contributed by atoms with Gasteiger partial charge in [0.05, 0.1) is 6.10 Å². The van der Waals surface area contributed by atoms with Crippen LogP contribution in [0.5, 0.6) is 0 Å². The van der Waals surface area contributed by atoms with Crippen molar-refractivity contribution in [2.45, 2.75) is 13.0 Å². The van der Waals surface area contributed by atoms with Crippen LogP contribution in [0.4, 0.5) is 4.39 Å². The van der Waals surface area contributed by atoms with E-state index in [0.717, 1.165) is 0 Å². The Hall–Kier alpha value is -0.930. The minimum atomic E-state index is -0.207. The van der Waals surface area contributed by atoms with Crippen molar-refractivity contribution in [3.8, 4) is 0 Å². The van der Waals surface area contributed by atoms with E-state index in [1.165, 1.54) is 6.07 Å². The molecule has 0 amide bonds. The molecule has 1 atom stereocenters. The second-order valence-corrected chi connectivity index (χ2v) is 3.02. The first-order valence-electron chi connectivity index (χ1n) is 4.80. The molecule has 1 aromatic carbocycles. The van der Waals surface area contributed by atoms with Gasteiger partial charge in [-0.3, -0.25) is 0 Å². The Morgan fingerprint density at radius 1 is 1.43 bits per heavy atom. The highest BCUT2D eigenvalue weighted by Gasteiger charge is 2.13. The van der Waals surface area contributed by atoms with E-state index in [-0.39, 0.29) is 11.9 Å². The largest absolute Gasteiger partial charge is 0.372 e. The van der Waals surface area contributed by atoms with Crippen LogP contribution >= 0.6 is 0 Å². The lowest BCUT2D eigenvalue weighted by atomic mass is 10.1. The lowest BCUT2D eigenvalue weighted by Crippen LogP contribution is -2.20. The maximum absolute atomic E-state index is 13.4. The first kappa shape index (κ1) is 11.1. The fraction of sp³-hybridized carbons (Fsp3) is 0.455. The number of hydrogen-bond acceptors (Lipinski definition) is 2. The van der Waals surface area contributed by atoms with Crippen LogP contribution in [0, 0.1) is 5.82 Å². The predicted molar refractivity (Wildman–Crippen MR) is 54.7 cm³/mol. The summed E-state index contributed by atoms with van der Waals surface area (Å²) in [6.07, 6.45) is -0.203. The van der Waals surface area contributed by atoms with Crippen molar-refractivity contribution in [3.05, 3.63) is 35.6 Å². The standard InChI is InChI=1S/C11H16FNO/c1-3-14-11(8-13-2)9-6-4-5-7-10(9)12/h4-7,11,13H,3,8H2,1-2H3. The summed E-state index contributed by atoms with van der Waals surface area (Å²) in [7, 11) is 1.83. The van der Waals surface area contributed by atoms with Crippen molar-refractivity contribution in [3.63, 3.8) is 0 Å². The van der Waals surface area contributed by atoms with E-state index in [0.29, 0.717) is 18.7 Å². The molecule has 0 aliphatic heterocycles. The molecule has 0 heterocycles. The van der Waals surface area contributed by atoms with Crippen molar-refractivity contribution < 1.29 is 9.13 Å². The van der Waals surface area contributed by atoms with Gasteiger partial charge in [0.2, 0.25) is 0 Å². The van der Waals surface area contributed by atoms with Gasteiger partial charge in [-0.1, -0.05) is 18.2 Å². The van der Waals surface area contributed by atoms with Crippen molar-refractivity contribution in [1.29, 1.82) is 0 Å². The van der Waals surface area contributed by atoms with Gasteiger partial charge in [-0.25, -0.2) is 4.39 Å². The van der Waals surface area contributed by atoms with Gasteiger partial charge in [-0.2, -0.15) is 0 Å². The molecule has 1 N–H and O–H groups in total. The normalized spacial score (nSPS) is 12.8. The number of rotatable bonds is 5. The molecule has 0 saturated heterocycles. The molecular formula is C11H16FNO. The highest BCUT2D eigenvalue weighted by atomic mass is 19.1. The zero-order valence-corrected chi connectivity index (χ0v) is 8.59. The first-order valence-corrected chi connectivity index (χ1v) is 4.80. The van der Waals surface area contributed by atoms with Gasteiger partial charge in [0, 0.05) is 18.7 Å². The number of nitrogens with one attached hydrogen (secondary N) is 1. The van der Waals surface area contributed by atoms with Crippen LogP contribution in [0.1, 0.15) is 18.6 Å². The van der Waals surface area contributed by atoms with Gasteiger partial charge in [-0.05, 0) is 20.0 Å². The molecule has 0 radical (unpaired) electrons. The first-order chi connectivity index (χ1) is 6.79. The molecule has 78 valence electrons. The van der Waals surface area contributed by atoms with Crippen molar-refractivity contribution in [2.24, 2.45) is 0 Å². The number of ether oxygens (including phenoxy) is 1. The Kier molecular flexibility index (Phi) is 4.56. The summed E-state index contributed by atoms with van der Waals surface area (Å²) in [4.78, 5) is 0. The van der Waals surface area contributed by atoms with E-state index in [4.69, 9.17) is 4.74 Å². The number of halogens is 1. The Bertz CT molecular complexity index is 272. The van der Waals surface area contributed by atoms with Gasteiger partial charge in [0.1, 0.15) is 5.82 Å². The predicted octanol–water partition coefficient (Wildman–Crippen LogP) is 2.12. The molecule has 0 aliphatic carbocycles. The molecule has 14 heavy (non-hydrogen) atoms. The summed E-state index contributed by atoms with van der Waals surface area (Å²) in [5, 5.41) is 2.99. The molecule has 1 aromatic rings. The Morgan fingerprint density at radius 3 is 2.71 bits per heavy atom. The average Bonchev–Trinajstić information content (AvgIpc) is 2.18. The van der Waals surface area contributed by atoms with Crippen LogP contribution in [-0.4, -0.2) is 20.2 Å². The molecule has 1 rings (SSSR count). The van der Waals surface area contributed by atoms with Gasteiger partial charge in [0.25, 0.3) is 0 Å². The van der Waals surface area contributed by atoms with Crippen LogP contribution < -0.4 is 5.32 Å². The van der Waals surface area contributed by atoms with Crippen LogP contribution in [0.2, 0.25) is 0 Å². The third-order valence-corrected chi connectivity index (χ3v) is 2.01. The lowest BCUT2D eigenvalue weighted by molar-refractivity contribution is 0.0612.